The summed E-state index contributed by atoms with van der Waals surface area (Å²) >= 11 is 0. The van der Waals surface area contributed by atoms with Crippen molar-refractivity contribution in [3.63, 3.8) is 0 Å². The minimum absolute atomic E-state index is 0. The smallest absolute Gasteiger partial charge is 1.00 e. The summed E-state index contributed by atoms with van der Waals surface area (Å²) < 4.78 is 56.1. The Morgan fingerprint density at radius 1 is 1.05 bits per heavy atom. The van der Waals surface area contributed by atoms with E-state index in [0.29, 0.717) is 5.69 Å². The number of benzene rings is 1. The normalized spacial score (nSPS) is 10.0. The minimum Gasteiger partial charge on any atom is -1.00 e. The van der Waals surface area contributed by atoms with Gasteiger partial charge in [0.2, 0.25) is 0 Å². The van der Waals surface area contributed by atoms with E-state index in [-0.39, 0.29) is 129 Å². The second-order valence-corrected chi connectivity index (χ2v) is 6.37. The molecular formula is C8H14N2Na4O6S2. The van der Waals surface area contributed by atoms with Gasteiger partial charge in [-0.2, -0.15) is 13.5 Å². The average Bonchev–Trinajstić information content (AvgIpc) is 2.27. The van der Waals surface area contributed by atoms with Gasteiger partial charge in [0.1, 0.15) is 0 Å². The van der Waals surface area contributed by atoms with Crippen LogP contribution in [0.25, 0.3) is 0 Å². The molecule has 0 aliphatic heterocycles. The van der Waals surface area contributed by atoms with Gasteiger partial charge in [-0.15, -0.1) is 0 Å². The number of hydrogen-bond acceptors (Lipinski definition) is 7. The Morgan fingerprint density at radius 3 is 1.86 bits per heavy atom. The van der Waals surface area contributed by atoms with Crippen LogP contribution in [-0.4, -0.2) is 33.7 Å². The SMILES string of the molecule is N=Nc1ccc(S(=O)(=O)CCOS(=O)(=O)O)cc1.[H-].[H-].[H-].[H-].[Na+].[Na+].[Na+].[Na+]. The summed E-state index contributed by atoms with van der Waals surface area (Å²) in [5.41, 5.74) is 7.01. The third kappa shape index (κ3) is 12.9. The molecule has 0 heterocycles. The quantitative estimate of drug-likeness (QED) is 0.282. The van der Waals surface area contributed by atoms with Gasteiger partial charge in [0, 0.05) is 0 Å². The maximum Gasteiger partial charge on any atom is 1.00 e. The number of sulfone groups is 1. The van der Waals surface area contributed by atoms with Gasteiger partial charge in [-0.1, -0.05) is 0 Å². The van der Waals surface area contributed by atoms with E-state index in [4.69, 9.17) is 10.1 Å². The summed E-state index contributed by atoms with van der Waals surface area (Å²) in [6.45, 7) is -0.675. The molecule has 8 nitrogen and oxygen atoms in total. The monoisotopic (exact) mass is 390 g/mol. The van der Waals surface area contributed by atoms with Crippen molar-refractivity contribution in [3.05, 3.63) is 24.3 Å². The van der Waals surface area contributed by atoms with Crippen LogP contribution < -0.4 is 118 Å². The summed E-state index contributed by atoms with van der Waals surface area (Å²) in [5, 5.41) is 3.11. The first-order valence-corrected chi connectivity index (χ1v) is 7.58. The van der Waals surface area contributed by atoms with Crippen molar-refractivity contribution in [1.29, 1.82) is 5.53 Å². The molecule has 0 atom stereocenters. The molecule has 0 amide bonds. The van der Waals surface area contributed by atoms with Crippen molar-refractivity contribution in [2.75, 3.05) is 12.4 Å². The second-order valence-electron chi connectivity index (χ2n) is 3.17. The van der Waals surface area contributed by atoms with Crippen LogP contribution in [0.5, 0.6) is 0 Å². The molecule has 1 aromatic rings. The largest absolute Gasteiger partial charge is 1.00 e. The number of nitrogens with one attached hydrogen (secondary N) is 1. The van der Waals surface area contributed by atoms with Crippen LogP contribution in [0, 0.1) is 5.53 Å². The minimum atomic E-state index is -4.64. The van der Waals surface area contributed by atoms with E-state index in [9.17, 15) is 16.8 Å². The van der Waals surface area contributed by atoms with Crippen LogP contribution in [0.3, 0.4) is 0 Å². The Balaban J connectivity index is -0.0000000675. The van der Waals surface area contributed by atoms with E-state index in [1.807, 2.05) is 0 Å². The molecule has 1 aromatic carbocycles. The standard InChI is InChI=1S/C8H10N2O6S2.4Na.4H/c9-10-7-1-3-8(4-2-7)17(11,12)6-5-16-18(13,14)15;;;;;;;;/h1-4,9H,5-6H2,(H,13,14,15);;;;;;;;/q;4*+1;4*-1. The van der Waals surface area contributed by atoms with E-state index >= 15 is 0 Å². The van der Waals surface area contributed by atoms with Crippen LogP contribution in [0.4, 0.5) is 5.69 Å². The molecule has 0 saturated heterocycles. The van der Waals surface area contributed by atoms with Crippen LogP contribution in [0.1, 0.15) is 5.71 Å². The van der Waals surface area contributed by atoms with Gasteiger partial charge >= 0.3 is 129 Å². The van der Waals surface area contributed by atoms with Crippen molar-refractivity contribution in [2.45, 2.75) is 4.90 Å². The van der Waals surface area contributed by atoms with Crippen molar-refractivity contribution in [2.24, 2.45) is 5.11 Å². The topological polar surface area (TPSA) is 134 Å². The van der Waals surface area contributed by atoms with Gasteiger partial charge < -0.3 is 5.71 Å². The van der Waals surface area contributed by atoms with E-state index < -0.39 is 32.6 Å². The summed E-state index contributed by atoms with van der Waals surface area (Å²) in [7, 11) is -8.35. The number of rotatable bonds is 6. The summed E-state index contributed by atoms with van der Waals surface area (Å²) in [6.07, 6.45) is 0. The van der Waals surface area contributed by atoms with Crippen molar-refractivity contribution < 1.29 is 150 Å². The molecule has 0 fully saturated rings. The van der Waals surface area contributed by atoms with E-state index in [2.05, 4.69) is 9.30 Å². The van der Waals surface area contributed by atoms with Gasteiger partial charge in [0.15, 0.2) is 9.84 Å². The Labute approximate surface area is 224 Å². The first-order chi connectivity index (χ1) is 8.24. The van der Waals surface area contributed by atoms with E-state index in [0.717, 1.165) is 0 Å². The van der Waals surface area contributed by atoms with Crippen LogP contribution in [0.15, 0.2) is 34.3 Å². The molecule has 0 saturated carbocycles. The second kappa shape index (κ2) is 14.8. The van der Waals surface area contributed by atoms with Crippen LogP contribution in [0.2, 0.25) is 0 Å². The molecular weight excluding hydrogens is 376 g/mol. The fourth-order valence-corrected chi connectivity index (χ4v) is 2.58. The third-order valence-electron chi connectivity index (χ3n) is 1.91. The molecule has 2 N–H and O–H groups in total. The Kier molecular flexibility index (Phi) is 21.7. The summed E-state index contributed by atoms with van der Waals surface area (Å²) in [5.74, 6) is -0.593. The molecule has 0 bridgehead atoms. The molecule has 0 unspecified atom stereocenters. The zero-order valence-corrected chi connectivity index (χ0v) is 22.6. The fourth-order valence-electron chi connectivity index (χ4n) is 1.09. The molecule has 0 spiro atoms. The third-order valence-corrected chi connectivity index (χ3v) is 4.07. The molecule has 0 radical (unpaired) electrons. The average molecular weight is 390 g/mol. The van der Waals surface area contributed by atoms with Crippen LogP contribution >= 0.6 is 0 Å². The summed E-state index contributed by atoms with van der Waals surface area (Å²) in [6, 6.07) is 5.17. The molecule has 0 aliphatic carbocycles. The molecule has 1 rings (SSSR count). The molecule has 0 aromatic heterocycles. The zero-order valence-electron chi connectivity index (χ0n) is 17.0. The van der Waals surface area contributed by atoms with E-state index in [1.54, 1.807) is 0 Å². The maximum atomic E-state index is 11.7. The Bertz CT molecular complexity index is 651. The maximum absolute atomic E-state index is 11.7. The Morgan fingerprint density at radius 2 is 1.50 bits per heavy atom. The van der Waals surface area contributed by atoms with Crippen LogP contribution in [-0.2, 0) is 24.4 Å². The van der Waals surface area contributed by atoms with Crippen molar-refractivity contribution >= 4 is 25.9 Å². The number of nitrogens with zero attached hydrogens (tertiary/aromatic N) is 1. The first kappa shape index (κ1) is 32.3. The van der Waals surface area contributed by atoms with Crippen molar-refractivity contribution in [1.82, 2.24) is 0 Å². The number of hydrogen-bond donors (Lipinski definition) is 2. The molecule has 108 valence electrons. The summed E-state index contributed by atoms with van der Waals surface area (Å²) in [4.78, 5) is -0.0474. The fraction of sp³-hybridized carbons (Fsp3) is 0.250. The first-order valence-electron chi connectivity index (χ1n) is 4.57. The molecule has 14 heteroatoms. The van der Waals surface area contributed by atoms with Gasteiger partial charge in [-0.25, -0.2) is 18.1 Å². The predicted molar refractivity (Wildman–Crippen MR) is 65.3 cm³/mol. The van der Waals surface area contributed by atoms with Gasteiger partial charge in [0.05, 0.1) is 22.9 Å². The van der Waals surface area contributed by atoms with E-state index in [1.165, 1.54) is 24.3 Å². The molecule has 0 aliphatic rings. The predicted octanol–water partition coefficient (Wildman–Crippen LogP) is -10.6. The van der Waals surface area contributed by atoms with Crippen molar-refractivity contribution in [3.8, 4) is 0 Å². The van der Waals surface area contributed by atoms with Gasteiger partial charge in [-0.05, 0) is 24.3 Å². The Hall–Kier alpha value is 2.64. The van der Waals surface area contributed by atoms with Gasteiger partial charge in [0.25, 0.3) is 0 Å². The molecule has 22 heavy (non-hydrogen) atoms. The van der Waals surface area contributed by atoms with Gasteiger partial charge in [-0.3, -0.25) is 4.55 Å². The zero-order chi connectivity index (χ0) is 13.8.